The van der Waals surface area contributed by atoms with Crippen LogP contribution in [0.2, 0.25) is 0 Å². The molecule has 0 amide bonds. The molecule has 0 spiro atoms. The predicted octanol–water partition coefficient (Wildman–Crippen LogP) is 0.977. The van der Waals surface area contributed by atoms with E-state index >= 15 is 0 Å². The Morgan fingerprint density at radius 3 is 2.62 bits per heavy atom. The van der Waals surface area contributed by atoms with Gasteiger partial charge in [-0.15, -0.1) is 0 Å². The molecule has 7 heteroatoms. The Kier molecular flexibility index (Phi) is 4.97. The topological polar surface area (TPSA) is 95.5 Å². The third-order valence-corrected chi connectivity index (χ3v) is 5.18. The van der Waals surface area contributed by atoms with Crippen molar-refractivity contribution in [2.24, 2.45) is 0 Å². The maximum atomic E-state index is 12.4. The van der Waals surface area contributed by atoms with Crippen molar-refractivity contribution < 1.29 is 18.3 Å². The number of carboxylic acids is 1. The summed E-state index contributed by atoms with van der Waals surface area (Å²) < 4.78 is 27.4. The molecule has 21 heavy (non-hydrogen) atoms. The number of hydrogen-bond acceptors (Lipinski definition) is 4. The summed E-state index contributed by atoms with van der Waals surface area (Å²) in [6.45, 7) is 3.40. The van der Waals surface area contributed by atoms with Crippen LogP contribution in [0.1, 0.15) is 35.7 Å². The molecule has 1 fully saturated rings. The van der Waals surface area contributed by atoms with Gasteiger partial charge in [0, 0.05) is 6.04 Å². The first-order valence-corrected chi connectivity index (χ1v) is 8.51. The fourth-order valence-electron chi connectivity index (χ4n) is 2.46. The number of rotatable bonds is 5. The molecule has 0 radical (unpaired) electrons. The lowest BCUT2D eigenvalue weighted by atomic mass is 10.1. The molecule has 1 aliphatic rings. The molecule has 1 heterocycles. The summed E-state index contributed by atoms with van der Waals surface area (Å²) in [5, 5.41) is 12.4. The van der Waals surface area contributed by atoms with Crippen LogP contribution < -0.4 is 10.0 Å². The summed E-state index contributed by atoms with van der Waals surface area (Å²) in [6.07, 6.45) is 2.01. The van der Waals surface area contributed by atoms with E-state index in [1.165, 1.54) is 12.1 Å². The molecule has 0 unspecified atom stereocenters. The highest BCUT2D eigenvalue weighted by molar-refractivity contribution is 7.89. The first-order valence-electron chi connectivity index (χ1n) is 7.03. The standard InChI is InChI=1S/C14H20N2O4S/c1-2-10-3-4-12(9-13(10)14(17)18)21(19,20)16-11-5-7-15-8-6-11/h3-4,9,11,15-16H,2,5-8H2,1H3,(H,17,18). The van der Waals surface area contributed by atoms with Gasteiger partial charge in [-0.2, -0.15) is 0 Å². The van der Waals surface area contributed by atoms with E-state index < -0.39 is 16.0 Å². The van der Waals surface area contributed by atoms with Crippen LogP contribution >= 0.6 is 0 Å². The maximum Gasteiger partial charge on any atom is 0.336 e. The molecule has 1 aliphatic heterocycles. The van der Waals surface area contributed by atoms with Gasteiger partial charge in [0.15, 0.2) is 0 Å². The van der Waals surface area contributed by atoms with Crippen molar-refractivity contribution in [3.8, 4) is 0 Å². The highest BCUT2D eigenvalue weighted by Crippen LogP contribution is 2.18. The molecule has 0 saturated carbocycles. The molecule has 1 aromatic carbocycles. The van der Waals surface area contributed by atoms with E-state index in [1.807, 2.05) is 6.92 Å². The van der Waals surface area contributed by atoms with Crippen LogP contribution in [0.5, 0.6) is 0 Å². The van der Waals surface area contributed by atoms with E-state index in [9.17, 15) is 18.3 Å². The van der Waals surface area contributed by atoms with Crippen LogP contribution in [-0.2, 0) is 16.4 Å². The monoisotopic (exact) mass is 312 g/mol. The van der Waals surface area contributed by atoms with Crippen molar-refractivity contribution in [2.45, 2.75) is 37.1 Å². The summed E-state index contributed by atoms with van der Waals surface area (Å²) in [5.41, 5.74) is 0.675. The van der Waals surface area contributed by atoms with Crippen molar-refractivity contribution in [3.63, 3.8) is 0 Å². The van der Waals surface area contributed by atoms with Crippen LogP contribution in [0.3, 0.4) is 0 Å². The molecular formula is C14H20N2O4S. The Labute approximate surface area is 124 Å². The number of carboxylic acid groups (broad SMARTS) is 1. The van der Waals surface area contributed by atoms with Gasteiger partial charge in [0.25, 0.3) is 0 Å². The molecule has 3 N–H and O–H groups in total. The van der Waals surface area contributed by atoms with Gasteiger partial charge in [-0.05, 0) is 50.0 Å². The lowest BCUT2D eigenvalue weighted by Crippen LogP contribution is -2.42. The number of benzene rings is 1. The normalized spacial score (nSPS) is 16.8. The molecule has 116 valence electrons. The van der Waals surface area contributed by atoms with Crippen molar-refractivity contribution in [1.29, 1.82) is 0 Å². The minimum Gasteiger partial charge on any atom is -0.478 e. The predicted molar refractivity (Wildman–Crippen MR) is 79.0 cm³/mol. The highest BCUT2D eigenvalue weighted by atomic mass is 32.2. The number of nitrogens with one attached hydrogen (secondary N) is 2. The van der Waals surface area contributed by atoms with Gasteiger partial charge in [0.05, 0.1) is 10.5 Å². The molecule has 0 bridgehead atoms. The maximum absolute atomic E-state index is 12.4. The SMILES string of the molecule is CCc1ccc(S(=O)(=O)NC2CCNCC2)cc1C(=O)O. The second kappa shape index (κ2) is 6.55. The molecule has 1 aromatic rings. The summed E-state index contributed by atoms with van der Waals surface area (Å²) >= 11 is 0. The number of sulfonamides is 1. The Balaban J connectivity index is 2.27. The molecule has 6 nitrogen and oxygen atoms in total. The van der Waals surface area contributed by atoms with E-state index in [0.29, 0.717) is 12.0 Å². The molecule has 0 atom stereocenters. The Morgan fingerprint density at radius 1 is 1.38 bits per heavy atom. The third kappa shape index (κ3) is 3.81. The molecule has 0 aromatic heterocycles. The van der Waals surface area contributed by atoms with Crippen molar-refractivity contribution in [2.75, 3.05) is 13.1 Å². The molecule has 0 aliphatic carbocycles. The van der Waals surface area contributed by atoms with Gasteiger partial charge < -0.3 is 10.4 Å². The fraction of sp³-hybridized carbons (Fsp3) is 0.500. The summed E-state index contributed by atoms with van der Waals surface area (Å²) in [6, 6.07) is 4.18. The van der Waals surface area contributed by atoms with Gasteiger partial charge in [-0.3, -0.25) is 0 Å². The number of piperidine rings is 1. The smallest absolute Gasteiger partial charge is 0.336 e. The van der Waals surface area contributed by atoms with Crippen LogP contribution in [0, 0.1) is 0 Å². The Bertz CT molecular complexity index is 622. The first kappa shape index (κ1) is 15.9. The quantitative estimate of drug-likeness (QED) is 0.753. The van der Waals surface area contributed by atoms with Crippen LogP contribution in [-0.4, -0.2) is 38.6 Å². The van der Waals surface area contributed by atoms with Gasteiger partial charge in [0.2, 0.25) is 10.0 Å². The van der Waals surface area contributed by atoms with E-state index in [0.717, 1.165) is 25.9 Å². The largest absolute Gasteiger partial charge is 0.478 e. The highest BCUT2D eigenvalue weighted by Gasteiger charge is 2.23. The van der Waals surface area contributed by atoms with Crippen molar-refractivity contribution in [1.82, 2.24) is 10.0 Å². The van der Waals surface area contributed by atoms with E-state index in [-0.39, 0.29) is 16.5 Å². The van der Waals surface area contributed by atoms with Crippen molar-refractivity contribution >= 4 is 16.0 Å². The first-order chi connectivity index (χ1) is 9.94. The minimum atomic E-state index is -3.68. The Morgan fingerprint density at radius 2 is 2.05 bits per heavy atom. The van der Waals surface area contributed by atoms with Gasteiger partial charge in [0.1, 0.15) is 0 Å². The molecule has 1 saturated heterocycles. The number of carbonyl (C=O) groups is 1. The van der Waals surface area contributed by atoms with Gasteiger partial charge in [-0.1, -0.05) is 13.0 Å². The van der Waals surface area contributed by atoms with Gasteiger partial charge in [-0.25, -0.2) is 17.9 Å². The zero-order valence-corrected chi connectivity index (χ0v) is 12.7. The number of aromatic carboxylic acids is 1. The molecular weight excluding hydrogens is 292 g/mol. The van der Waals surface area contributed by atoms with Gasteiger partial charge >= 0.3 is 5.97 Å². The lowest BCUT2D eigenvalue weighted by molar-refractivity contribution is 0.0695. The van der Waals surface area contributed by atoms with Crippen LogP contribution in [0.15, 0.2) is 23.1 Å². The minimum absolute atomic E-state index is 0.00985. The van der Waals surface area contributed by atoms with E-state index in [4.69, 9.17) is 0 Å². The zero-order valence-electron chi connectivity index (χ0n) is 11.9. The number of aryl methyl sites for hydroxylation is 1. The molecule has 2 rings (SSSR count). The average Bonchev–Trinajstić information content (AvgIpc) is 2.47. The summed E-state index contributed by atoms with van der Waals surface area (Å²) in [7, 11) is -3.68. The van der Waals surface area contributed by atoms with Crippen molar-refractivity contribution in [3.05, 3.63) is 29.3 Å². The summed E-state index contributed by atoms with van der Waals surface area (Å²) in [5.74, 6) is -1.11. The second-order valence-corrected chi connectivity index (χ2v) is 6.84. The third-order valence-electron chi connectivity index (χ3n) is 3.66. The zero-order chi connectivity index (χ0) is 15.5. The Hall–Kier alpha value is -1.44. The second-order valence-electron chi connectivity index (χ2n) is 5.12. The van der Waals surface area contributed by atoms with E-state index in [2.05, 4.69) is 10.0 Å². The summed E-state index contributed by atoms with van der Waals surface area (Å²) in [4.78, 5) is 11.2. The lowest BCUT2D eigenvalue weighted by Gasteiger charge is -2.23. The van der Waals surface area contributed by atoms with E-state index in [1.54, 1.807) is 6.07 Å². The van der Waals surface area contributed by atoms with Crippen LogP contribution in [0.4, 0.5) is 0 Å². The average molecular weight is 312 g/mol. The number of hydrogen-bond donors (Lipinski definition) is 3. The van der Waals surface area contributed by atoms with Crippen LogP contribution in [0.25, 0.3) is 0 Å². The fourth-order valence-corrected chi connectivity index (χ4v) is 3.79.